The van der Waals surface area contributed by atoms with Crippen LogP contribution in [0.5, 0.6) is 0 Å². The number of halogens is 3. The van der Waals surface area contributed by atoms with Crippen molar-refractivity contribution in [3.05, 3.63) is 54.6 Å². The van der Waals surface area contributed by atoms with Gasteiger partial charge in [-0.1, -0.05) is 30.3 Å². The number of anilines is 1. The zero-order valence-corrected chi connectivity index (χ0v) is 17.2. The summed E-state index contributed by atoms with van der Waals surface area (Å²) < 4.78 is 62.9. The fourth-order valence-electron chi connectivity index (χ4n) is 2.49. The number of nitrogens with zero attached hydrogens (tertiary/aromatic N) is 1. The average Bonchev–Trinajstić information content (AvgIpc) is 2.64. The SMILES string of the molecule is CN(C)CC[C@H](CSc1ccccc1)Nc1ccccc1S(=O)(=O)C(F)(F)F. The van der Waals surface area contributed by atoms with Crippen molar-refractivity contribution in [2.24, 2.45) is 0 Å². The normalized spacial score (nSPS) is 13.5. The van der Waals surface area contributed by atoms with Crippen LogP contribution in [0.3, 0.4) is 0 Å². The summed E-state index contributed by atoms with van der Waals surface area (Å²) in [6, 6.07) is 14.6. The Bertz CT molecular complexity index is 857. The summed E-state index contributed by atoms with van der Waals surface area (Å²) in [4.78, 5) is 2.26. The molecule has 2 aromatic carbocycles. The Labute approximate surface area is 168 Å². The average molecular weight is 433 g/mol. The van der Waals surface area contributed by atoms with Gasteiger partial charge in [-0.05, 0) is 51.3 Å². The molecule has 28 heavy (non-hydrogen) atoms. The molecular formula is C19H23F3N2O2S2. The van der Waals surface area contributed by atoms with Gasteiger partial charge in [-0.2, -0.15) is 13.2 Å². The van der Waals surface area contributed by atoms with E-state index in [1.165, 1.54) is 18.2 Å². The van der Waals surface area contributed by atoms with Crippen LogP contribution < -0.4 is 5.32 Å². The third-order valence-electron chi connectivity index (χ3n) is 3.96. The minimum absolute atomic E-state index is 0.0303. The molecule has 4 nitrogen and oxygen atoms in total. The van der Waals surface area contributed by atoms with Crippen molar-refractivity contribution in [3.8, 4) is 0 Å². The van der Waals surface area contributed by atoms with E-state index in [1.807, 2.05) is 49.3 Å². The van der Waals surface area contributed by atoms with Crippen LogP contribution >= 0.6 is 11.8 Å². The summed E-state index contributed by atoms with van der Waals surface area (Å²) in [6.45, 7) is 0.710. The highest BCUT2D eigenvalue weighted by molar-refractivity contribution is 7.99. The molecule has 2 rings (SSSR count). The lowest BCUT2D eigenvalue weighted by atomic mass is 10.2. The predicted octanol–water partition coefficient (Wildman–Crippen LogP) is 4.50. The molecule has 154 valence electrons. The summed E-state index contributed by atoms with van der Waals surface area (Å²) in [6.07, 6.45) is 0.646. The van der Waals surface area contributed by atoms with Gasteiger partial charge in [0.05, 0.1) is 10.6 Å². The second kappa shape index (κ2) is 9.67. The highest BCUT2D eigenvalue weighted by Gasteiger charge is 2.48. The molecule has 1 atom stereocenters. The van der Waals surface area contributed by atoms with Crippen molar-refractivity contribution in [2.75, 3.05) is 31.7 Å². The molecule has 1 N–H and O–H groups in total. The highest BCUT2D eigenvalue weighted by Crippen LogP contribution is 2.35. The third kappa shape index (κ3) is 6.15. The van der Waals surface area contributed by atoms with Gasteiger partial charge in [-0.25, -0.2) is 8.42 Å². The van der Waals surface area contributed by atoms with Crippen LogP contribution in [-0.4, -0.2) is 51.3 Å². The minimum atomic E-state index is -5.43. The fourth-order valence-corrected chi connectivity index (χ4v) is 4.41. The minimum Gasteiger partial charge on any atom is -0.380 e. The number of hydrogen-bond donors (Lipinski definition) is 1. The molecule has 0 heterocycles. The molecule has 0 spiro atoms. The van der Waals surface area contributed by atoms with Crippen LogP contribution in [0.25, 0.3) is 0 Å². The van der Waals surface area contributed by atoms with Gasteiger partial charge in [0, 0.05) is 16.7 Å². The molecule has 0 saturated carbocycles. The Kier molecular flexibility index (Phi) is 7.79. The first kappa shape index (κ1) is 22.6. The molecule has 0 fully saturated rings. The summed E-state index contributed by atoms with van der Waals surface area (Å²) in [5.74, 6) is 0.582. The first-order valence-electron chi connectivity index (χ1n) is 8.61. The molecule has 0 amide bonds. The van der Waals surface area contributed by atoms with Gasteiger partial charge in [0.1, 0.15) is 0 Å². The molecule has 0 radical (unpaired) electrons. The van der Waals surface area contributed by atoms with E-state index in [2.05, 4.69) is 5.32 Å². The maximum atomic E-state index is 13.0. The maximum absolute atomic E-state index is 13.0. The van der Waals surface area contributed by atoms with Crippen molar-refractivity contribution in [1.82, 2.24) is 4.90 Å². The van der Waals surface area contributed by atoms with Crippen LogP contribution in [0.2, 0.25) is 0 Å². The van der Waals surface area contributed by atoms with Crippen LogP contribution in [0.15, 0.2) is 64.4 Å². The van der Waals surface area contributed by atoms with Gasteiger partial charge < -0.3 is 10.2 Å². The lowest BCUT2D eigenvalue weighted by Gasteiger charge is -2.23. The molecule has 0 aromatic heterocycles. The van der Waals surface area contributed by atoms with Crippen molar-refractivity contribution < 1.29 is 21.6 Å². The third-order valence-corrected chi connectivity index (χ3v) is 6.68. The molecule has 0 saturated heterocycles. The smallest absolute Gasteiger partial charge is 0.380 e. The quantitative estimate of drug-likeness (QED) is 0.591. The van der Waals surface area contributed by atoms with Crippen LogP contribution in [0.1, 0.15) is 6.42 Å². The number of hydrogen-bond acceptors (Lipinski definition) is 5. The lowest BCUT2D eigenvalue weighted by Crippen LogP contribution is -2.30. The molecule has 2 aromatic rings. The Morgan fingerprint density at radius 1 is 1.04 bits per heavy atom. The Hall–Kier alpha value is -1.71. The van der Waals surface area contributed by atoms with Gasteiger partial charge in [0.25, 0.3) is 9.84 Å². The highest BCUT2D eigenvalue weighted by atomic mass is 32.2. The Balaban J connectivity index is 2.24. The Morgan fingerprint density at radius 3 is 2.25 bits per heavy atom. The largest absolute Gasteiger partial charge is 0.501 e. The van der Waals surface area contributed by atoms with E-state index in [0.29, 0.717) is 18.7 Å². The van der Waals surface area contributed by atoms with Crippen molar-refractivity contribution in [1.29, 1.82) is 0 Å². The van der Waals surface area contributed by atoms with Crippen molar-refractivity contribution in [3.63, 3.8) is 0 Å². The standard InChI is InChI=1S/C19H23F3N2O2S2/c1-24(2)13-12-15(14-27-16-8-4-3-5-9-16)23-17-10-6-7-11-18(17)28(25,26)19(20,21)22/h3-11,15,23H,12-14H2,1-2H3/t15-/m1/s1. The van der Waals surface area contributed by atoms with Gasteiger partial charge in [0.15, 0.2) is 0 Å². The van der Waals surface area contributed by atoms with E-state index >= 15 is 0 Å². The topological polar surface area (TPSA) is 49.4 Å². The van der Waals surface area contributed by atoms with Crippen LogP contribution in [-0.2, 0) is 9.84 Å². The number of nitrogens with one attached hydrogen (secondary N) is 1. The molecule has 0 unspecified atom stereocenters. The Morgan fingerprint density at radius 2 is 1.64 bits per heavy atom. The molecule has 0 bridgehead atoms. The van der Waals surface area contributed by atoms with E-state index in [1.54, 1.807) is 11.8 Å². The summed E-state index contributed by atoms with van der Waals surface area (Å²) in [5.41, 5.74) is -5.37. The monoisotopic (exact) mass is 432 g/mol. The van der Waals surface area contributed by atoms with E-state index in [4.69, 9.17) is 0 Å². The second-order valence-electron chi connectivity index (χ2n) is 6.50. The molecule has 0 aliphatic rings. The zero-order valence-electron chi connectivity index (χ0n) is 15.6. The first-order chi connectivity index (χ1) is 13.1. The van der Waals surface area contributed by atoms with Crippen LogP contribution in [0, 0.1) is 0 Å². The summed E-state index contributed by atoms with van der Waals surface area (Å²) in [5, 5.41) is 3.02. The van der Waals surface area contributed by atoms with Gasteiger partial charge in [-0.3, -0.25) is 0 Å². The number of rotatable bonds is 9. The molecular weight excluding hydrogens is 409 g/mol. The second-order valence-corrected chi connectivity index (χ2v) is 9.51. The molecule has 0 aliphatic carbocycles. The number of para-hydroxylation sites is 1. The van der Waals surface area contributed by atoms with Gasteiger partial charge in [0.2, 0.25) is 0 Å². The predicted molar refractivity (Wildman–Crippen MR) is 107 cm³/mol. The maximum Gasteiger partial charge on any atom is 0.501 e. The summed E-state index contributed by atoms with van der Waals surface area (Å²) >= 11 is 1.57. The summed E-state index contributed by atoms with van der Waals surface area (Å²) in [7, 11) is -1.62. The molecule has 9 heteroatoms. The van der Waals surface area contributed by atoms with E-state index in [9.17, 15) is 21.6 Å². The number of sulfone groups is 1. The van der Waals surface area contributed by atoms with E-state index in [-0.39, 0.29) is 11.7 Å². The number of thioether (sulfide) groups is 1. The van der Waals surface area contributed by atoms with E-state index in [0.717, 1.165) is 11.0 Å². The molecule has 0 aliphatic heterocycles. The number of benzene rings is 2. The van der Waals surface area contributed by atoms with E-state index < -0.39 is 20.2 Å². The van der Waals surface area contributed by atoms with Gasteiger partial charge >= 0.3 is 5.51 Å². The van der Waals surface area contributed by atoms with Gasteiger partial charge in [-0.15, -0.1) is 11.8 Å². The fraction of sp³-hybridized carbons (Fsp3) is 0.368. The van der Waals surface area contributed by atoms with Crippen molar-refractivity contribution in [2.45, 2.75) is 27.8 Å². The first-order valence-corrected chi connectivity index (χ1v) is 11.1. The van der Waals surface area contributed by atoms with Crippen molar-refractivity contribution >= 4 is 27.3 Å². The lowest BCUT2D eigenvalue weighted by molar-refractivity contribution is -0.0435. The number of alkyl halides is 3. The zero-order chi connectivity index (χ0) is 20.8. The van der Waals surface area contributed by atoms with Crippen LogP contribution in [0.4, 0.5) is 18.9 Å².